The third-order valence-electron chi connectivity index (χ3n) is 2.70. The molecule has 1 rings (SSSR count). The van der Waals surface area contributed by atoms with Crippen molar-refractivity contribution >= 4 is 11.8 Å². The fourth-order valence-corrected chi connectivity index (χ4v) is 1.53. The van der Waals surface area contributed by atoms with Gasteiger partial charge in [0, 0.05) is 12.5 Å². The first-order valence-corrected chi connectivity index (χ1v) is 5.00. The van der Waals surface area contributed by atoms with Crippen molar-refractivity contribution in [1.29, 1.82) is 0 Å². The van der Waals surface area contributed by atoms with Gasteiger partial charge in [0.2, 0.25) is 0 Å². The number of carbonyl (C=O) groups is 2. The highest BCUT2D eigenvalue weighted by atomic mass is 16.5. The van der Waals surface area contributed by atoms with Crippen LogP contribution in [0.15, 0.2) is 11.8 Å². The van der Waals surface area contributed by atoms with E-state index in [1.165, 1.54) is 13.2 Å². The highest BCUT2D eigenvalue weighted by Gasteiger charge is 2.43. The number of methoxy groups -OCH3 is 1. The minimum absolute atomic E-state index is 0.232. The fraction of sp³-hybridized carbons (Fsp3) is 0.636. The van der Waals surface area contributed by atoms with Crippen molar-refractivity contribution in [3.8, 4) is 0 Å². The Morgan fingerprint density at radius 1 is 1.60 bits per heavy atom. The van der Waals surface area contributed by atoms with Crippen LogP contribution in [0.3, 0.4) is 0 Å². The molecule has 0 spiro atoms. The van der Waals surface area contributed by atoms with Crippen molar-refractivity contribution < 1.29 is 19.1 Å². The van der Waals surface area contributed by atoms with Gasteiger partial charge in [0.1, 0.15) is 5.41 Å². The second-order valence-electron chi connectivity index (χ2n) is 3.73. The van der Waals surface area contributed by atoms with Gasteiger partial charge in [-0.3, -0.25) is 9.59 Å². The summed E-state index contributed by atoms with van der Waals surface area (Å²) in [5, 5.41) is 0. The summed E-state index contributed by atoms with van der Waals surface area (Å²) in [6, 6.07) is 0. The van der Waals surface area contributed by atoms with E-state index in [0.717, 1.165) is 0 Å². The average Bonchev–Trinajstić information content (AvgIpc) is 2.22. The van der Waals surface area contributed by atoms with E-state index in [4.69, 9.17) is 9.47 Å². The number of allylic oxidation sites excluding steroid dienone is 2. The number of carbonyl (C=O) groups excluding carboxylic acids is 2. The molecule has 0 N–H and O–H groups in total. The number of hydrogen-bond donors (Lipinski definition) is 0. The van der Waals surface area contributed by atoms with Crippen molar-refractivity contribution in [3.05, 3.63) is 11.8 Å². The Labute approximate surface area is 89.2 Å². The average molecular weight is 212 g/mol. The molecule has 1 unspecified atom stereocenters. The number of ether oxygens (including phenoxy) is 2. The molecule has 1 aliphatic carbocycles. The molecule has 4 nitrogen and oxygen atoms in total. The molecule has 0 bridgehead atoms. The van der Waals surface area contributed by atoms with Crippen LogP contribution in [0.1, 0.15) is 26.7 Å². The van der Waals surface area contributed by atoms with Crippen LogP contribution in [0.25, 0.3) is 0 Å². The van der Waals surface area contributed by atoms with E-state index in [2.05, 4.69) is 0 Å². The quantitative estimate of drug-likeness (QED) is 0.525. The van der Waals surface area contributed by atoms with Gasteiger partial charge in [0.15, 0.2) is 5.78 Å². The lowest BCUT2D eigenvalue weighted by molar-refractivity contribution is -0.158. The van der Waals surface area contributed by atoms with Gasteiger partial charge >= 0.3 is 5.97 Å². The molecular weight excluding hydrogens is 196 g/mol. The summed E-state index contributed by atoms with van der Waals surface area (Å²) in [5.74, 6) is -0.0489. The molecule has 0 saturated carbocycles. The van der Waals surface area contributed by atoms with E-state index in [0.29, 0.717) is 25.2 Å². The van der Waals surface area contributed by atoms with Crippen molar-refractivity contribution in [2.75, 3.05) is 13.7 Å². The Morgan fingerprint density at radius 3 is 2.73 bits per heavy atom. The predicted molar refractivity (Wildman–Crippen MR) is 54.1 cm³/mol. The van der Waals surface area contributed by atoms with Crippen molar-refractivity contribution in [1.82, 2.24) is 0 Å². The summed E-state index contributed by atoms with van der Waals surface area (Å²) in [4.78, 5) is 23.4. The van der Waals surface area contributed by atoms with E-state index < -0.39 is 11.4 Å². The Balaban J connectivity index is 2.84. The maximum Gasteiger partial charge on any atom is 0.319 e. The first-order chi connectivity index (χ1) is 7.04. The zero-order valence-electron chi connectivity index (χ0n) is 9.33. The molecule has 0 saturated heterocycles. The molecule has 0 fully saturated rings. The van der Waals surface area contributed by atoms with Gasteiger partial charge in [0.25, 0.3) is 0 Å². The third kappa shape index (κ3) is 2.19. The summed E-state index contributed by atoms with van der Waals surface area (Å²) in [5.41, 5.74) is -1.03. The molecule has 0 amide bonds. The largest absolute Gasteiger partial charge is 0.501 e. The van der Waals surface area contributed by atoms with Gasteiger partial charge in [0.05, 0.1) is 19.5 Å². The first kappa shape index (κ1) is 11.8. The molecule has 0 aromatic rings. The maximum absolute atomic E-state index is 11.7. The van der Waals surface area contributed by atoms with Crippen LogP contribution >= 0.6 is 0 Å². The molecule has 0 aromatic heterocycles. The summed E-state index contributed by atoms with van der Waals surface area (Å²) in [6.07, 6.45) is 2.43. The van der Waals surface area contributed by atoms with Gasteiger partial charge in [-0.05, 0) is 20.3 Å². The zero-order valence-corrected chi connectivity index (χ0v) is 9.33. The summed E-state index contributed by atoms with van der Waals surface area (Å²) in [6.45, 7) is 3.64. The van der Waals surface area contributed by atoms with Crippen LogP contribution in [0, 0.1) is 5.41 Å². The van der Waals surface area contributed by atoms with E-state index in [-0.39, 0.29) is 5.78 Å². The van der Waals surface area contributed by atoms with Crippen LogP contribution in [-0.2, 0) is 19.1 Å². The van der Waals surface area contributed by atoms with Crippen molar-refractivity contribution in [2.24, 2.45) is 5.41 Å². The Hall–Kier alpha value is -1.32. The summed E-state index contributed by atoms with van der Waals surface area (Å²) in [7, 11) is 1.52. The highest BCUT2D eigenvalue weighted by Crippen LogP contribution is 2.33. The molecule has 15 heavy (non-hydrogen) atoms. The van der Waals surface area contributed by atoms with E-state index >= 15 is 0 Å². The normalized spacial score (nSPS) is 25.8. The molecular formula is C11H16O4. The lowest BCUT2D eigenvalue weighted by Crippen LogP contribution is -2.39. The maximum atomic E-state index is 11.7. The standard InChI is InChI=1S/C11H16O4/c1-4-15-10(13)11(2)6-5-8(14-3)7-9(11)12/h7H,4-6H2,1-3H3. The number of esters is 1. The lowest BCUT2D eigenvalue weighted by atomic mass is 9.77. The Bertz CT molecular complexity index is 306. The lowest BCUT2D eigenvalue weighted by Gasteiger charge is -2.28. The van der Waals surface area contributed by atoms with Crippen LogP contribution < -0.4 is 0 Å². The minimum Gasteiger partial charge on any atom is -0.501 e. The third-order valence-corrected chi connectivity index (χ3v) is 2.70. The Morgan fingerprint density at radius 2 is 2.27 bits per heavy atom. The number of ketones is 1. The van der Waals surface area contributed by atoms with Gasteiger partial charge in [-0.25, -0.2) is 0 Å². The number of hydrogen-bond acceptors (Lipinski definition) is 4. The second kappa shape index (κ2) is 4.47. The van der Waals surface area contributed by atoms with Crippen LogP contribution in [0.4, 0.5) is 0 Å². The van der Waals surface area contributed by atoms with Crippen molar-refractivity contribution in [3.63, 3.8) is 0 Å². The molecule has 0 heterocycles. The monoisotopic (exact) mass is 212 g/mol. The van der Waals surface area contributed by atoms with Gasteiger partial charge in [-0.2, -0.15) is 0 Å². The predicted octanol–water partition coefficient (Wildman–Crippen LogP) is 1.45. The molecule has 0 radical (unpaired) electrons. The summed E-state index contributed by atoms with van der Waals surface area (Å²) >= 11 is 0. The van der Waals surface area contributed by atoms with Crippen LogP contribution in [0.5, 0.6) is 0 Å². The molecule has 1 aliphatic rings. The molecule has 84 valence electrons. The topological polar surface area (TPSA) is 52.6 Å². The van der Waals surface area contributed by atoms with Gasteiger partial charge in [-0.1, -0.05) is 0 Å². The van der Waals surface area contributed by atoms with E-state index in [1.807, 2.05) is 0 Å². The molecule has 4 heteroatoms. The first-order valence-electron chi connectivity index (χ1n) is 5.00. The number of rotatable bonds is 3. The SMILES string of the molecule is CCOC(=O)C1(C)CCC(OC)=CC1=O. The highest BCUT2D eigenvalue weighted by molar-refractivity contribution is 6.09. The second-order valence-corrected chi connectivity index (χ2v) is 3.73. The molecule has 0 aromatic carbocycles. The molecule has 0 aliphatic heterocycles. The zero-order chi connectivity index (χ0) is 11.5. The Kier molecular flexibility index (Phi) is 3.50. The van der Waals surface area contributed by atoms with E-state index in [9.17, 15) is 9.59 Å². The molecule has 1 atom stereocenters. The van der Waals surface area contributed by atoms with Crippen LogP contribution in [-0.4, -0.2) is 25.5 Å². The van der Waals surface area contributed by atoms with E-state index in [1.54, 1.807) is 13.8 Å². The van der Waals surface area contributed by atoms with Gasteiger partial charge < -0.3 is 9.47 Å². The fourth-order valence-electron chi connectivity index (χ4n) is 1.53. The van der Waals surface area contributed by atoms with Gasteiger partial charge in [-0.15, -0.1) is 0 Å². The van der Waals surface area contributed by atoms with Crippen LogP contribution in [0.2, 0.25) is 0 Å². The smallest absolute Gasteiger partial charge is 0.319 e. The van der Waals surface area contributed by atoms with Crippen molar-refractivity contribution in [2.45, 2.75) is 26.7 Å². The minimum atomic E-state index is -1.03. The summed E-state index contributed by atoms with van der Waals surface area (Å²) < 4.78 is 9.88.